The second kappa shape index (κ2) is 7.95. The lowest BCUT2D eigenvalue weighted by molar-refractivity contribution is -0.127. The maximum Gasteiger partial charge on any atom is 0.243 e. The van der Waals surface area contributed by atoms with Crippen molar-refractivity contribution in [3.63, 3.8) is 0 Å². The molecule has 1 aromatic carbocycles. The maximum absolute atomic E-state index is 13.4. The molecule has 0 saturated carbocycles. The largest absolute Gasteiger partial charge is 0.342 e. The first-order valence-corrected chi connectivity index (χ1v) is 13.3. The summed E-state index contributed by atoms with van der Waals surface area (Å²) in [5.74, 6) is 0.0420. The van der Waals surface area contributed by atoms with Crippen LogP contribution in [-0.2, 0) is 20.2 Å². The Bertz CT molecular complexity index is 1160. The van der Waals surface area contributed by atoms with Crippen molar-refractivity contribution in [2.24, 2.45) is 0 Å². The zero-order valence-corrected chi connectivity index (χ0v) is 20.5. The zero-order valence-electron chi connectivity index (χ0n) is 18.1. The molecule has 11 heteroatoms. The Kier molecular flexibility index (Phi) is 5.49. The molecule has 8 nitrogen and oxygen atoms in total. The molecule has 2 fully saturated rings. The van der Waals surface area contributed by atoms with Gasteiger partial charge in [0, 0.05) is 63.8 Å². The number of fused-ring (bicyclic) bond motifs is 2. The molecule has 2 saturated heterocycles. The van der Waals surface area contributed by atoms with Gasteiger partial charge in [-0.25, -0.2) is 13.4 Å². The van der Waals surface area contributed by atoms with Crippen molar-refractivity contribution >= 4 is 49.7 Å². The predicted octanol–water partition coefficient (Wildman–Crippen LogP) is 2.37. The van der Waals surface area contributed by atoms with Crippen LogP contribution in [0.2, 0.25) is 4.34 Å². The number of hydrogen-bond donors (Lipinski definition) is 0. The van der Waals surface area contributed by atoms with Crippen LogP contribution in [-0.4, -0.2) is 86.3 Å². The molecule has 0 N–H and O–H groups in total. The summed E-state index contributed by atoms with van der Waals surface area (Å²) >= 11 is 7.55. The highest BCUT2D eigenvalue weighted by Gasteiger charge is 2.49. The number of piperazine rings is 1. The molecule has 1 aromatic heterocycles. The summed E-state index contributed by atoms with van der Waals surface area (Å²) in [6.45, 7) is 5.89. The Morgan fingerprint density at radius 2 is 1.91 bits per heavy atom. The molecule has 0 radical (unpaired) electrons. The van der Waals surface area contributed by atoms with Crippen molar-refractivity contribution in [3.05, 3.63) is 34.3 Å². The summed E-state index contributed by atoms with van der Waals surface area (Å²) in [7, 11) is -1.58. The normalized spacial score (nSPS) is 24.5. The summed E-state index contributed by atoms with van der Waals surface area (Å²) in [6, 6.07) is 5.42. The van der Waals surface area contributed by atoms with Crippen LogP contribution in [0.25, 0.3) is 0 Å². The predicted molar refractivity (Wildman–Crippen MR) is 125 cm³/mol. The molecule has 172 valence electrons. The first-order valence-electron chi connectivity index (χ1n) is 10.7. The average Bonchev–Trinajstić information content (AvgIpc) is 3.47. The fourth-order valence-corrected chi connectivity index (χ4v) is 7.38. The molecule has 0 aliphatic carbocycles. The van der Waals surface area contributed by atoms with Gasteiger partial charge in [0.25, 0.3) is 0 Å². The third kappa shape index (κ3) is 3.62. The van der Waals surface area contributed by atoms with E-state index in [0.717, 1.165) is 35.9 Å². The van der Waals surface area contributed by atoms with Gasteiger partial charge in [0.05, 0.1) is 11.1 Å². The summed E-state index contributed by atoms with van der Waals surface area (Å²) < 4.78 is 29.0. The number of anilines is 2. The standard InChI is InChI=1S/C21H26ClN5O3S2/c1-15(28)25-6-5-21(13-25)14-27(20-23-12-19(22)31-20)18-4-3-16(11-17(18)21)32(29,30)26-9-7-24(2)8-10-26/h3-4,11-12H,5-10,13-14H2,1-2H3. The Morgan fingerprint density at radius 3 is 2.53 bits per heavy atom. The van der Waals surface area contributed by atoms with E-state index in [1.54, 1.807) is 23.5 Å². The third-order valence-electron chi connectivity index (χ3n) is 6.89. The molecule has 2 aromatic rings. The molecule has 32 heavy (non-hydrogen) atoms. The van der Waals surface area contributed by atoms with Gasteiger partial charge < -0.3 is 14.7 Å². The van der Waals surface area contributed by atoms with Gasteiger partial charge in [-0.15, -0.1) is 0 Å². The first-order chi connectivity index (χ1) is 15.2. The average molecular weight is 496 g/mol. The van der Waals surface area contributed by atoms with E-state index in [-0.39, 0.29) is 11.3 Å². The van der Waals surface area contributed by atoms with Crippen LogP contribution < -0.4 is 4.90 Å². The van der Waals surface area contributed by atoms with E-state index in [2.05, 4.69) is 14.8 Å². The number of halogens is 1. The van der Waals surface area contributed by atoms with Gasteiger partial charge in [0.1, 0.15) is 4.34 Å². The van der Waals surface area contributed by atoms with Gasteiger partial charge >= 0.3 is 0 Å². The number of thiazole rings is 1. The minimum Gasteiger partial charge on any atom is -0.342 e. The van der Waals surface area contributed by atoms with Gasteiger partial charge in [-0.05, 0) is 37.2 Å². The van der Waals surface area contributed by atoms with Crippen molar-refractivity contribution < 1.29 is 13.2 Å². The molecule has 1 atom stereocenters. The topological polar surface area (TPSA) is 77.1 Å². The number of rotatable bonds is 3. The summed E-state index contributed by atoms with van der Waals surface area (Å²) in [6.07, 6.45) is 2.42. The van der Waals surface area contributed by atoms with Crippen molar-refractivity contribution in [2.45, 2.75) is 23.7 Å². The Hall–Kier alpha value is -1.72. The van der Waals surface area contributed by atoms with Crippen molar-refractivity contribution in [1.82, 2.24) is 19.1 Å². The lowest BCUT2D eigenvalue weighted by Crippen LogP contribution is -2.47. The van der Waals surface area contributed by atoms with Crippen molar-refractivity contribution in [3.8, 4) is 0 Å². The van der Waals surface area contributed by atoms with E-state index >= 15 is 0 Å². The number of carbonyl (C=O) groups excluding carboxylic acids is 1. The number of likely N-dealkylation sites (N-methyl/N-ethyl adjacent to an activating group) is 1. The smallest absolute Gasteiger partial charge is 0.243 e. The van der Waals surface area contributed by atoms with E-state index in [1.807, 2.05) is 24.1 Å². The van der Waals surface area contributed by atoms with Gasteiger partial charge in [-0.3, -0.25) is 4.79 Å². The Balaban J connectivity index is 1.56. The third-order valence-corrected chi connectivity index (χ3v) is 9.92. The zero-order chi connectivity index (χ0) is 22.7. The van der Waals surface area contributed by atoms with Gasteiger partial charge in [-0.1, -0.05) is 22.9 Å². The van der Waals surface area contributed by atoms with E-state index in [9.17, 15) is 13.2 Å². The summed E-state index contributed by atoms with van der Waals surface area (Å²) in [4.78, 5) is 23.0. The monoisotopic (exact) mass is 495 g/mol. The Labute approximate surface area is 197 Å². The highest BCUT2D eigenvalue weighted by atomic mass is 35.5. The lowest BCUT2D eigenvalue weighted by Gasteiger charge is -2.32. The van der Waals surface area contributed by atoms with Gasteiger partial charge in [0.2, 0.25) is 15.9 Å². The fourth-order valence-electron chi connectivity index (χ4n) is 5.02. The minimum absolute atomic E-state index is 0.0420. The maximum atomic E-state index is 13.4. The fraction of sp³-hybridized carbons (Fsp3) is 0.524. The van der Waals surface area contributed by atoms with Crippen LogP contribution in [0.4, 0.5) is 10.8 Å². The number of benzene rings is 1. The van der Waals surface area contributed by atoms with Crippen LogP contribution in [0.3, 0.4) is 0 Å². The number of sulfonamides is 1. The molecule has 4 heterocycles. The lowest BCUT2D eigenvalue weighted by atomic mass is 9.81. The van der Waals surface area contributed by atoms with E-state index in [4.69, 9.17) is 11.6 Å². The number of aromatic nitrogens is 1. The second-order valence-corrected chi connectivity index (χ2v) is 12.5. The summed E-state index contributed by atoms with van der Waals surface area (Å²) in [5.41, 5.74) is 1.59. The molecule has 1 amide bonds. The molecule has 5 rings (SSSR count). The molecule has 3 aliphatic rings. The second-order valence-electron chi connectivity index (χ2n) is 8.89. The molecule has 1 unspecified atom stereocenters. The van der Waals surface area contributed by atoms with Crippen LogP contribution >= 0.6 is 22.9 Å². The van der Waals surface area contributed by atoms with Crippen LogP contribution in [0, 0.1) is 0 Å². The highest BCUT2D eigenvalue weighted by Crippen LogP contribution is 2.50. The van der Waals surface area contributed by atoms with Gasteiger partial charge in [0.15, 0.2) is 5.13 Å². The quantitative estimate of drug-likeness (QED) is 0.650. The van der Waals surface area contributed by atoms with E-state index in [0.29, 0.717) is 42.0 Å². The van der Waals surface area contributed by atoms with Gasteiger partial charge in [-0.2, -0.15) is 4.31 Å². The SMILES string of the molecule is CC(=O)N1CCC2(C1)CN(c1ncc(Cl)s1)c1ccc(S(=O)(=O)N3CCN(C)CC3)cc12. The molecular weight excluding hydrogens is 470 g/mol. The van der Waals surface area contributed by atoms with E-state index < -0.39 is 10.0 Å². The van der Waals surface area contributed by atoms with Crippen LogP contribution in [0.5, 0.6) is 0 Å². The Morgan fingerprint density at radius 1 is 1.16 bits per heavy atom. The first kappa shape index (κ1) is 22.1. The molecule has 0 bridgehead atoms. The summed E-state index contributed by atoms with van der Waals surface area (Å²) in [5, 5.41) is 0.782. The number of amides is 1. The number of nitrogens with zero attached hydrogens (tertiary/aromatic N) is 5. The van der Waals surface area contributed by atoms with Crippen LogP contribution in [0.1, 0.15) is 18.9 Å². The number of likely N-dealkylation sites (tertiary alicyclic amines) is 1. The molecule has 1 spiro atoms. The van der Waals surface area contributed by atoms with E-state index in [1.165, 1.54) is 11.3 Å². The minimum atomic E-state index is -3.59. The molecular formula is C21H26ClN5O3S2. The van der Waals surface area contributed by atoms with Crippen molar-refractivity contribution in [2.75, 3.05) is 57.8 Å². The number of hydrogen-bond acceptors (Lipinski definition) is 7. The van der Waals surface area contributed by atoms with Crippen molar-refractivity contribution in [1.29, 1.82) is 0 Å². The highest BCUT2D eigenvalue weighted by molar-refractivity contribution is 7.89. The molecule has 3 aliphatic heterocycles. The van der Waals surface area contributed by atoms with Crippen LogP contribution in [0.15, 0.2) is 29.3 Å². The number of carbonyl (C=O) groups is 1.